The maximum Gasteiger partial charge on any atom is 0.146 e. The van der Waals surface area contributed by atoms with E-state index >= 15 is 0 Å². The number of aromatic amines is 1. The van der Waals surface area contributed by atoms with E-state index in [-0.39, 0.29) is 0 Å². The number of phenolic OH excluding ortho intramolecular Hbond substituents is 1. The monoisotopic (exact) mass is 246 g/mol. The minimum absolute atomic E-state index is 0.341. The maximum atomic E-state index is 10.4. The van der Waals surface area contributed by atoms with Crippen LogP contribution in [0.3, 0.4) is 0 Å². The summed E-state index contributed by atoms with van der Waals surface area (Å²) in [6.45, 7) is 8.50. The largest absolute Gasteiger partial charge is 0.505 e. The van der Waals surface area contributed by atoms with E-state index in [2.05, 4.69) is 37.7 Å². The molecule has 0 amide bonds. The number of imidazole rings is 1. The van der Waals surface area contributed by atoms with E-state index in [0.717, 1.165) is 29.7 Å². The van der Waals surface area contributed by atoms with Crippen LogP contribution in [0.25, 0.3) is 11.0 Å². The van der Waals surface area contributed by atoms with Crippen LogP contribution in [-0.2, 0) is 0 Å². The molecule has 0 aliphatic heterocycles. The summed E-state index contributed by atoms with van der Waals surface area (Å²) in [5.41, 5.74) is 2.63. The molecule has 98 valence electrons. The number of fused-ring (bicyclic) bond motifs is 1. The van der Waals surface area contributed by atoms with Gasteiger partial charge in [-0.2, -0.15) is 0 Å². The van der Waals surface area contributed by atoms with E-state index in [9.17, 15) is 5.11 Å². The van der Waals surface area contributed by atoms with Gasteiger partial charge in [0, 0.05) is 5.92 Å². The molecule has 0 aliphatic carbocycles. The first-order chi connectivity index (χ1) is 8.54. The van der Waals surface area contributed by atoms with Crippen molar-refractivity contribution in [3.8, 4) is 5.75 Å². The minimum Gasteiger partial charge on any atom is -0.505 e. The molecule has 3 nitrogen and oxygen atoms in total. The third-order valence-electron chi connectivity index (χ3n) is 3.48. The molecule has 3 heteroatoms. The number of nitrogens with one attached hydrogen (secondary N) is 1. The molecular formula is C15H22N2O. The van der Waals surface area contributed by atoms with Gasteiger partial charge in [0.15, 0.2) is 0 Å². The summed E-state index contributed by atoms with van der Waals surface area (Å²) < 4.78 is 0. The first-order valence-electron chi connectivity index (χ1n) is 6.76. The summed E-state index contributed by atoms with van der Waals surface area (Å²) in [4.78, 5) is 7.77. The molecule has 0 aliphatic rings. The second-order valence-corrected chi connectivity index (χ2v) is 5.37. The highest BCUT2D eigenvalue weighted by Crippen LogP contribution is 2.34. The van der Waals surface area contributed by atoms with Crippen molar-refractivity contribution >= 4 is 11.0 Å². The molecule has 0 spiro atoms. The summed E-state index contributed by atoms with van der Waals surface area (Å²) in [6.07, 6.45) is 2.21. The fourth-order valence-corrected chi connectivity index (χ4v) is 2.36. The third-order valence-corrected chi connectivity index (χ3v) is 3.48. The zero-order valence-corrected chi connectivity index (χ0v) is 11.6. The van der Waals surface area contributed by atoms with E-state index < -0.39 is 0 Å². The van der Waals surface area contributed by atoms with Gasteiger partial charge in [-0.3, -0.25) is 0 Å². The molecule has 0 saturated carbocycles. The SMILES string of the molecule is CCCC(C)c1ccc2[nH]c(C(C)C)nc2c1O. The summed E-state index contributed by atoms with van der Waals surface area (Å²) in [7, 11) is 0. The van der Waals surface area contributed by atoms with Crippen LogP contribution in [0.2, 0.25) is 0 Å². The molecule has 2 rings (SSSR count). The molecule has 1 aromatic carbocycles. The second kappa shape index (κ2) is 5.01. The Balaban J connectivity index is 2.49. The molecule has 0 saturated heterocycles. The van der Waals surface area contributed by atoms with Crippen LogP contribution in [0.4, 0.5) is 0 Å². The molecule has 2 N–H and O–H groups in total. The quantitative estimate of drug-likeness (QED) is 0.845. The Bertz CT molecular complexity index is 543. The number of H-pyrrole nitrogens is 1. The standard InChI is InChI=1S/C15H22N2O/c1-5-6-10(4)11-7-8-12-13(14(11)18)17-15(16-12)9(2)3/h7-10,18H,5-6H2,1-4H3,(H,16,17). The molecule has 1 unspecified atom stereocenters. The van der Waals surface area contributed by atoms with Crippen LogP contribution < -0.4 is 0 Å². The summed E-state index contributed by atoms with van der Waals surface area (Å²) in [5, 5.41) is 10.4. The Labute approximate surface area is 108 Å². The fourth-order valence-electron chi connectivity index (χ4n) is 2.36. The van der Waals surface area contributed by atoms with Crippen molar-refractivity contribution < 1.29 is 5.11 Å². The van der Waals surface area contributed by atoms with Gasteiger partial charge in [-0.25, -0.2) is 4.98 Å². The van der Waals surface area contributed by atoms with Crippen LogP contribution in [0.1, 0.15) is 63.8 Å². The first-order valence-corrected chi connectivity index (χ1v) is 6.76. The van der Waals surface area contributed by atoms with Crippen molar-refractivity contribution in [3.63, 3.8) is 0 Å². The Morgan fingerprint density at radius 1 is 1.28 bits per heavy atom. The number of benzene rings is 1. The lowest BCUT2D eigenvalue weighted by atomic mass is 9.95. The van der Waals surface area contributed by atoms with Crippen molar-refractivity contribution in [1.29, 1.82) is 0 Å². The summed E-state index contributed by atoms with van der Waals surface area (Å²) >= 11 is 0. The van der Waals surface area contributed by atoms with Gasteiger partial charge in [-0.15, -0.1) is 0 Å². The maximum absolute atomic E-state index is 10.4. The Morgan fingerprint density at radius 2 is 2.00 bits per heavy atom. The number of hydrogen-bond donors (Lipinski definition) is 2. The smallest absolute Gasteiger partial charge is 0.146 e. The Kier molecular flexibility index (Phi) is 3.60. The van der Waals surface area contributed by atoms with E-state index in [0.29, 0.717) is 23.1 Å². The lowest BCUT2D eigenvalue weighted by molar-refractivity contribution is 0.465. The van der Waals surface area contributed by atoms with Crippen molar-refractivity contribution in [3.05, 3.63) is 23.5 Å². The highest BCUT2D eigenvalue weighted by molar-refractivity contribution is 5.83. The number of aromatic hydroxyl groups is 1. The molecule has 0 radical (unpaired) electrons. The second-order valence-electron chi connectivity index (χ2n) is 5.37. The normalized spacial score (nSPS) is 13.4. The van der Waals surface area contributed by atoms with Gasteiger partial charge >= 0.3 is 0 Å². The Hall–Kier alpha value is -1.51. The van der Waals surface area contributed by atoms with Gasteiger partial charge in [0.1, 0.15) is 17.1 Å². The lowest BCUT2D eigenvalue weighted by Gasteiger charge is -2.12. The summed E-state index contributed by atoms with van der Waals surface area (Å²) in [5.74, 6) is 1.99. The lowest BCUT2D eigenvalue weighted by Crippen LogP contribution is -1.94. The van der Waals surface area contributed by atoms with Crippen molar-refractivity contribution in [2.45, 2.75) is 52.4 Å². The van der Waals surface area contributed by atoms with Crippen molar-refractivity contribution in [1.82, 2.24) is 9.97 Å². The van der Waals surface area contributed by atoms with Gasteiger partial charge < -0.3 is 10.1 Å². The number of nitrogens with zero attached hydrogens (tertiary/aromatic N) is 1. The average molecular weight is 246 g/mol. The third kappa shape index (κ3) is 2.22. The van der Waals surface area contributed by atoms with Crippen molar-refractivity contribution in [2.24, 2.45) is 0 Å². The molecule has 0 fully saturated rings. The van der Waals surface area contributed by atoms with Gasteiger partial charge in [0.25, 0.3) is 0 Å². The number of hydrogen-bond acceptors (Lipinski definition) is 2. The van der Waals surface area contributed by atoms with E-state index in [1.165, 1.54) is 0 Å². The molecule has 2 aromatic rings. The van der Waals surface area contributed by atoms with Crippen molar-refractivity contribution in [2.75, 3.05) is 0 Å². The average Bonchev–Trinajstić information content (AvgIpc) is 2.74. The zero-order valence-electron chi connectivity index (χ0n) is 11.6. The number of rotatable bonds is 4. The Morgan fingerprint density at radius 3 is 2.61 bits per heavy atom. The highest BCUT2D eigenvalue weighted by atomic mass is 16.3. The van der Waals surface area contributed by atoms with E-state index in [1.807, 2.05) is 12.1 Å². The minimum atomic E-state index is 0.341. The topological polar surface area (TPSA) is 48.9 Å². The van der Waals surface area contributed by atoms with Crippen LogP contribution in [0.5, 0.6) is 5.75 Å². The fraction of sp³-hybridized carbons (Fsp3) is 0.533. The van der Waals surface area contributed by atoms with Crippen LogP contribution in [0, 0.1) is 0 Å². The highest BCUT2D eigenvalue weighted by Gasteiger charge is 2.16. The van der Waals surface area contributed by atoms with E-state index in [1.54, 1.807) is 0 Å². The summed E-state index contributed by atoms with van der Waals surface area (Å²) in [6, 6.07) is 4.04. The van der Waals surface area contributed by atoms with Crippen LogP contribution >= 0.6 is 0 Å². The molecular weight excluding hydrogens is 224 g/mol. The first kappa shape index (κ1) is 12.9. The molecule has 1 heterocycles. The molecule has 1 atom stereocenters. The van der Waals surface area contributed by atoms with Crippen LogP contribution in [-0.4, -0.2) is 15.1 Å². The number of aromatic nitrogens is 2. The predicted octanol–water partition coefficient (Wildman–Crippen LogP) is 4.30. The van der Waals surface area contributed by atoms with Gasteiger partial charge in [-0.05, 0) is 24.0 Å². The molecule has 0 bridgehead atoms. The van der Waals surface area contributed by atoms with E-state index in [4.69, 9.17) is 0 Å². The van der Waals surface area contributed by atoms with Gasteiger partial charge in [0.05, 0.1) is 5.52 Å². The van der Waals surface area contributed by atoms with Gasteiger partial charge in [-0.1, -0.05) is 40.2 Å². The van der Waals surface area contributed by atoms with Crippen LogP contribution in [0.15, 0.2) is 12.1 Å². The molecule has 18 heavy (non-hydrogen) atoms. The van der Waals surface area contributed by atoms with Gasteiger partial charge in [0.2, 0.25) is 0 Å². The number of phenols is 1. The zero-order chi connectivity index (χ0) is 13.3. The molecule has 1 aromatic heterocycles. The predicted molar refractivity (Wildman–Crippen MR) is 75.2 cm³/mol.